The molecule has 2 aromatic carbocycles. The van der Waals surface area contributed by atoms with E-state index in [9.17, 15) is 4.79 Å². The van der Waals surface area contributed by atoms with Crippen molar-refractivity contribution in [3.05, 3.63) is 65.2 Å². The van der Waals surface area contributed by atoms with E-state index in [0.29, 0.717) is 0 Å². The highest BCUT2D eigenvalue weighted by Crippen LogP contribution is 2.24. The molecular formula is C18H16N2O2. The molecule has 1 heterocycles. The molecular weight excluding hydrogens is 276 g/mol. The Morgan fingerprint density at radius 1 is 1.05 bits per heavy atom. The molecule has 0 aliphatic carbocycles. The molecule has 0 aliphatic rings. The van der Waals surface area contributed by atoms with Gasteiger partial charge in [0.2, 0.25) is 0 Å². The van der Waals surface area contributed by atoms with E-state index in [-0.39, 0.29) is 5.56 Å². The van der Waals surface area contributed by atoms with Crippen LogP contribution in [0.3, 0.4) is 0 Å². The Morgan fingerprint density at radius 3 is 2.45 bits per heavy atom. The van der Waals surface area contributed by atoms with E-state index in [1.165, 1.54) is 0 Å². The number of hydrogen-bond donors (Lipinski definition) is 2. The number of rotatable bonds is 3. The number of anilines is 2. The summed E-state index contributed by atoms with van der Waals surface area (Å²) in [5.74, 6) is -0.177. The van der Waals surface area contributed by atoms with Gasteiger partial charge in [-0.25, -0.2) is 9.78 Å². The molecule has 3 rings (SSSR count). The van der Waals surface area contributed by atoms with Gasteiger partial charge in [0.05, 0.1) is 11.1 Å². The summed E-state index contributed by atoms with van der Waals surface area (Å²) >= 11 is 0. The Bertz CT molecular complexity index is 855. The van der Waals surface area contributed by atoms with E-state index < -0.39 is 5.97 Å². The van der Waals surface area contributed by atoms with Crippen molar-refractivity contribution in [2.24, 2.45) is 0 Å². The second-order valence-electron chi connectivity index (χ2n) is 5.30. The molecule has 1 aromatic heterocycles. The minimum Gasteiger partial charge on any atom is -0.478 e. The Balaban J connectivity index is 1.97. The predicted octanol–water partition coefficient (Wildman–Crippen LogP) is 4.29. The molecule has 3 aromatic rings. The Kier molecular flexibility index (Phi) is 3.51. The number of nitrogens with zero attached hydrogens (tertiary/aromatic N) is 1. The van der Waals surface area contributed by atoms with Crippen LogP contribution < -0.4 is 5.32 Å². The maximum Gasteiger partial charge on any atom is 0.335 e. The van der Waals surface area contributed by atoms with E-state index in [1.807, 2.05) is 25.1 Å². The van der Waals surface area contributed by atoms with E-state index in [2.05, 4.69) is 23.3 Å². The highest BCUT2D eigenvalue weighted by Gasteiger charge is 2.06. The molecule has 4 nitrogen and oxygen atoms in total. The van der Waals surface area contributed by atoms with Crippen LogP contribution >= 0.6 is 0 Å². The molecule has 0 radical (unpaired) electrons. The number of carboxylic acids is 1. The predicted molar refractivity (Wildman–Crippen MR) is 87.9 cm³/mol. The van der Waals surface area contributed by atoms with Gasteiger partial charge in [0.15, 0.2) is 0 Å². The third kappa shape index (κ3) is 2.63. The summed E-state index contributed by atoms with van der Waals surface area (Å²) in [5, 5.41) is 13.3. The van der Waals surface area contributed by atoms with Gasteiger partial charge in [-0.2, -0.15) is 0 Å². The van der Waals surface area contributed by atoms with Gasteiger partial charge in [0.1, 0.15) is 5.82 Å². The summed E-state index contributed by atoms with van der Waals surface area (Å²) in [6.45, 7) is 4.10. The molecule has 4 heteroatoms. The summed E-state index contributed by atoms with van der Waals surface area (Å²) in [6, 6.07) is 14.8. The first-order chi connectivity index (χ1) is 10.5. The molecule has 0 amide bonds. The van der Waals surface area contributed by atoms with Gasteiger partial charge in [-0.1, -0.05) is 18.2 Å². The van der Waals surface area contributed by atoms with E-state index in [1.54, 1.807) is 24.3 Å². The van der Waals surface area contributed by atoms with Crippen LogP contribution in [0.4, 0.5) is 11.5 Å². The third-order valence-corrected chi connectivity index (χ3v) is 3.65. The number of benzene rings is 2. The number of pyridine rings is 1. The zero-order valence-electron chi connectivity index (χ0n) is 12.4. The zero-order chi connectivity index (χ0) is 15.7. The van der Waals surface area contributed by atoms with Crippen molar-refractivity contribution in [2.75, 3.05) is 5.32 Å². The first kappa shape index (κ1) is 14.1. The lowest BCUT2D eigenvalue weighted by Gasteiger charge is -2.10. The van der Waals surface area contributed by atoms with Gasteiger partial charge in [0, 0.05) is 11.1 Å². The number of nitrogens with one attached hydrogen (secondary N) is 1. The molecule has 0 bridgehead atoms. The molecule has 0 saturated heterocycles. The SMILES string of the molecule is Cc1cc(Nc2ccc(C(=O)O)cc2)nc2c(C)cccc12. The summed E-state index contributed by atoms with van der Waals surface area (Å²) in [6.07, 6.45) is 0. The first-order valence-corrected chi connectivity index (χ1v) is 7.02. The normalized spacial score (nSPS) is 10.6. The second-order valence-corrected chi connectivity index (χ2v) is 5.30. The fourth-order valence-corrected chi connectivity index (χ4v) is 2.47. The number of carboxylic acid groups (broad SMARTS) is 1. The smallest absolute Gasteiger partial charge is 0.335 e. The summed E-state index contributed by atoms with van der Waals surface area (Å²) in [5.41, 5.74) is 4.34. The molecule has 0 saturated carbocycles. The van der Waals surface area contributed by atoms with E-state index in [4.69, 9.17) is 5.11 Å². The molecule has 22 heavy (non-hydrogen) atoms. The van der Waals surface area contributed by atoms with Crippen molar-refractivity contribution in [1.29, 1.82) is 0 Å². The maximum atomic E-state index is 10.9. The average molecular weight is 292 g/mol. The largest absolute Gasteiger partial charge is 0.478 e. The minimum absolute atomic E-state index is 0.268. The molecule has 0 atom stereocenters. The molecule has 0 spiro atoms. The number of aromatic nitrogens is 1. The van der Waals surface area contributed by atoms with Gasteiger partial charge < -0.3 is 10.4 Å². The van der Waals surface area contributed by atoms with E-state index >= 15 is 0 Å². The lowest BCUT2D eigenvalue weighted by Crippen LogP contribution is -1.98. The van der Waals surface area contributed by atoms with Crippen molar-refractivity contribution in [1.82, 2.24) is 4.98 Å². The quantitative estimate of drug-likeness (QED) is 0.755. The third-order valence-electron chi connectivity index (χ3n) is 3.65. The lowest BCUT2D eigenvalue weighted by molar-refractivity contribution is 0.0697. The Morgan fingerprint density at radius 2 is 1.77 bits per heavy atom. The number of carbonyl (C=O) groups is 1. The van der Waals surface area contributed by atoms with E-state index in [0.717, 1.165) is 33.5 Å². The van der Waals surface area contributed by atoms with Crippen LogP contribution in [0.15, 0.2) is 48.5 Å². The Labute approximate surface area is 128 Å². The minimum atomic E-state index is -0.929. The van der Waals surface area contributed by atoms with Gasteiger partial charge in [-0.15, -0.1) is 0 Å². The van der Waals surface area contributed by atoms with Gasteiger partial charge in [0.25, 0.3) is 0 Å². The number of fused-ring (bicyclic) bond motifs is 1. The van der Waals surface area contributed by atoms with Crippen molar-refractivity contribution in [3.63, 3.8) is 0 Å². The van der Waals surface area contributed by atoms with Crippen LogP contribution in [-0.4, -0.2) is 16.1 Å². The second kappa shape index (κ2) is 5.48. The van der Waals surface area contributed by atoms with Crippen molar-refractivity contribution < 1.29 is 9.90 Å². The van der Waals surface area contributed by atoms with Crippen LogP contribution in [0.1, 0.15) is 21.5 Å². The monoisotopic (exact) mass is 292 g/mol. The van der Waals surface area contributed by atoms with Crippen molar-refractivity contribution >= 4 is 28.4 Å². The van der Waals surface area contributed by atoms with Crippen LogP contribution in [0, 0.1) is 13.8 Å². The number of para-hydroxylation sites is 1. The van der Waals surface area contributed by atoms with Crippen molar-refractivity contribution in [2.45, 2.75) is 13.8 Å². The van der Waals surface area contributed by atoms with Gasteiger partial charge in [-0.3, -0.25) is 0 Å². The van der Waals surface area contributed by atoms with Crippen LogP contribution in [0.2, 0.25) is 0 Å². The van der Waals surface area contributed by atoms with Gasteiger partial charge in [-0.05, 0) is 55.3 Å². The summed E-state index contributed by atoms with van der Waals surface area (Å²) < 4.78 is 0. The first-order valence-electron chi connectivity index (χ1n) is 7.02. The zero-order valence-corrected chi connectivity index (χ0v) is 12.4. The summed E-state index contributed by atoms with van der Waals surface area (Å²) in [4.78, 5) is 15.5. The fourth-order valence-electron chi connectivity index (χ4n) is 2.47. The Hall–Kier alpha value is -2.88. The van der Waals surface area contributed by atoms with Crippen molar-refractivity contribution in [3.8, 4) is 0 Å². The summed E-state index contributed by atoms with van der Waals surface area (Å²) in [7, 11) is 0. The molecule has 0 aliphatic heterocycles. The molecule has 0 fully saturated rings. The van der Waals surface area contributed by atoms with Crippen LogP contribution in [0.25, 0.3) is 10.9 Å². The topological polar surface area (TPSA) is 62.2 Å². The maximum absolute atomic E-state index is 10.9. The number of hydrogen-bond acceptors (Lipinski definition) is 3. The number of aryl methyl sites for hydroxylation is 2. The number of aromatic carboxylic acids is 1. The highest BCUT2D eigenvalue weighted by atomic mass is 16.4. The van der Waals surface area contributed by atoms with Crippen LogP contribution in [-0.2, 0) is 0 Å². The standard InChI is InChI=1S/C18H16N2O2/c1-11-4-3-5-15-12(2)10-16(20-17(11)15)19-14-8-6-13(7-9-14)18(21)22/h3-10H,1-2H3,(H,19,20)(H,21,22). The fraction of sp³-hybridized carbons (Fsp3) is 0.111. The molecule has 110 valence electrons. The molecule has 0 unspecified atom stereocenters. The molecule has 2 N–H and O–H groups in total. The van der Waals surface area contributed by atoms with Crippen LogP contribution in [0.5, 0.6) is 0 Å². The average Bonchev–Trinajstić information content (AvgIpc) is 2.49. The lowest BCUT2D eigenvalue weighted by atomic mass is 10.1. The highest BCUT2D eigenvalue weighted by molar-refractivity contribution is 5.89. The van der Waals surface area contributed by atoms with Gasteiger partial charge >= 0.3 is 5.97 Å².